The molecule has 0 bridgehead atoms. The topological polar surface area (TPSA) is 43.9 Å². The zero-order chi connectivity index (χ0) is 8.39. The molecule has 0 aliphatic carbocycles. The summed E-state index contributed by atoms with van der Waals surface area (Å²) >= 11 is 0. The van der Waals surface area contributed by atoms with Crippen LogP contribution < -0.4 is 0 Å². The van der Waals surface area contributed by atoms with Gasteiger partial charge in [-0.3, -0.25) is 0 Å². The molecule has 2 aromatic heterocycles. The van der Waals surface area contributed by atoms with Crippen molar-refractivity contribution >= 4 is 0 Å². The van der Waals surface area contributed by atoms with Crippen molar-refractivity contribution in [1.29, 1.82) is 0 Å². The van der Waals surface area contributed by atoms with E-state index in [1.54, 1.807) is 18.8 Å². The van der Waals surface area contributed by atoms with Gasteiger partial charge in [0.25, 0.3) is 0 Å². The number of hydrogen-bond donors (Lipinski definition) is 0. The van der Waals surface area contributed by atoms with E-state index in [0.29, 0.717) is 5.89 Å². The Labute approximate surface area is 69.9 Å². The number of nitrogens with zero attached hydrogens (tertiary/aromatic N) is 3. The van der Waals surface area contributed by atoms with Crippen LogP contribution in [0.5, 0.6) is 0 Å². The SMILES string of the molecule is Cc1nc(Cn2ccnc2)co1. The third kappa shape index (κ3) is 1.37. The molecule has 0 N–H and O–H groups in total. The highest BCUT2D eigenvalue weighted by Gasteiger charge is 1.99. The van der Waals surface area contributed by atoms with Gasteiger partial charge in [-0.15, -0.1) is 0 Å². The van der Waals surface area contributed by atoms with E-state index < -0.39 is 0 Å². The van der Waals surface area contributed by atoms with Crippen molar-refractivity contribution in [3.05, 3.63) is 36.6 Å². The van der Waals surface area contributed by atoms with Gasteiger partial charge in [-0.05, 0) is 0 Å². The third-order valence-corrected chi connectivity index (χ3v) is 1.57. The van der Waals surface area contributed by atoms with Crippen molar-refractivity contribution in [2.45, 2.75) is 13.5 Å². The monoisotopic (exact) mass is 163 g/mol. The lowest BCUT2D eigenvalue weighted by molar-refractivity contribution is 0.520. The average Bonchev–Trinajstić information content (AvgIpc) is 2.63. The van der Waals surface area contributed by atoms with E-state index in [9.17, 15) is 0 Å². The van der Waals surface area contributed by atoms with Crippen LogP contribution in [0.1, 0.15) is 11.6 Å². The summed E-state index contributed by atoms with van der Waals surface area (Å²) in [7, 11) is 0. The summed E-state index contributed by atoms with van der Waals surface area (Å²) in [5, 5.41) is 0. The minimum Gasteiger partial charge on any atom is -0.449 e. The Kier molecular flexibility index (Phi) is 1.66. The van der Waals surface area contributed by atoms with Crippen LogP contribution in [0.25, 0.3) is 0 Å². The van der Waals surface area contributed by atoms with Gasteiger partial charge in [0.1, 0.15) is 6.26 Å². The molecule has 2 aromatic rings. The molecule has 2 heterocycles. The third-order valence-electron chi connectivity index (χ3n) is 1.57. The van der Waals surface area contributed by atoms with Crippen molar-refractivity contribution in [1.82, 2.24) is 14.5 Å². The number of rotatable bonds is 2. The Hall–Kier alpha value is -1.58. The first kappa shape index (κ1) is 7.09. The molecule has 62 valence electrons. The Morgan fingerprint density at radius 1 is 1.58 bits per heavy atom. The first-order valence-electron chi connectivity index (χ1n) is 3.71. The molecule has 0 aliphatic rings. The molecule has 4 heteroatoms. The molecule has 0 aliphatic heterocycles. The van der Waals surface area contributed by atoms with Crippen molar-refractivity contribution in [3.8, 4) is 0 Å². The van der Waals surface area contributed by atoms with Gasteiger partial charge in [0.05, 0.1) is 18.6 Å². The fourth-order valence-electron chi connectivity index (χ4n) is 1.05. The molecular weight excluding hydrogens is 154 g/mol. The summed E-state index contributed by atoms with van der Waals surface area (Å²) in [5.41, 5.74) is 0.922. The molecular formula is C8H9N3O. The second-order valence-electron chi connectivity index (χ2n) is 2.59. The highest BCUT2D eigenvalue weighted by atomic mass is 16.3. The number of imidazole rings is 1. The predicted molar refractivity (Wildman–Crippen MR) is 42.6 cm³/mol. The van der Waals surface area contributed by atoms with Gasteiger partial charge in [0.2, 0.25) is 0 Å². The Morgan fingerprint density at radius 3 is 3.08 bits per heavy atom. The summed E-state index contributed by atoms with van der Waals surface area (Å²) < 4.78 is 7.01. The quantitative estimate of drug-likeness (QED) is 0.668. The molecule has 0 amide bonds. The minimum atomic E-state index is 0.699. The second kappa shape index (κ2) is 2.81. The van der Waals surface area contributed by atoms with E-state index in [2.05, 4.69) is 9.97 Å². The molecule has 0 atom stereocenters. The van der Waals surface area contributed by atoms with Crippen molar-refractivity contribution < 1.29 is 4.42 Å². The van der Waals surface area contributed by atoms with Crippen LogP contribution in [0.2, 0.25) is 0 Å². The lowest BCUT2D eigenvalue weighted by Crippen LogP contribution is -1.96. The first-order valence-corrected chi connectivity index (χ1v) is 3.71. The normalized spacial score (nSPS) is 10.4. The number of aryl methyl sites for hydroxylation is 1. The maximum Gasteiger partial charge on any atom is 0.191 e. The highest BCUT2D eigenvalue weighted by molar-refractivity contribution is 4.96. The zero-order valence-corrected chi connectivity index (χ0v) is 6.77. The number of oxazole rings is 1. The molecule has 0 radical (unpaired) electrons. The van der Waals surface area contributed by atoms with E-state index in [4.69, 9.17) is 4.42 Å². The zero-order valence-electron chi connectivity index (χ0n) is 6.77. The number of hydrogen-bond acceptors (Lipinski definition) is 3. The largest absolute Gasteiger partial charge is 0.449 e. The van der Waals surface area contributed by atoms with E-state index in [-0.39, 0.29) is 0 Å². The number of aromatic nitrogens is 3. The molecule has 0 fully saturated rings. The van der Waals surface area contributed by atoms with Gasteiger partial charge in [-0.2, -0.15) is 0 Å². The summed E-state index contributed by atoms with van der Waals surface area (Å²) in [5.74, 6) is 0.699. The minimum absolute atomic E-state index is 0.699. The van der Waals surface area contributed by atoms with E-state index in [1.807, 2.05) is 17.7 Å². The molecule has 0 aromatic carbocycles. The van der Waals surface area contributed by atoms with Gasteiger partial charge >= 0.3 is 0 Å². The van der Waals surface area contributed by atoms with Crippen LogP contribution in [0.4, 0.5) is 0 Å². The second-order valence-corrected chi connectivity index (χ2v) is 2.59. The molecule has 0 saturated heterocycles. The van der Waals surface area contributed by atoms with E-state index >= 15 is 0 Å². The summed E-state index contributed by atoms with van der Waals surface area (Å²) in [4.78, 5) is 8.10. The standard InChI is InChI=1S/C8H9N3O/c1-7-10-8(5-12-7)4-11-3-2-9-6-11/h2-3,5-6H,4H2,1H3. The van der Waals surface area contributed by atoms with Gasteiger partial charge in [0, 0.05) is 19.3 Å². The van der Waals surface area contributed by atoms with Crippen LogP contribution >= 0.6 is 0 Å². The highest BCUT2D eigenvalue weighted by Crippen LogP contribution is 2.02. The van der Waals surface area contributed by atoms with Crippen LogP contribution in [0, 0.1) is 6.92 Å². The van der Waals surface area contributed by atoms with Gasteiger partial charge in [-0.1, -0.05) is 0 Å². The molecule has 0 saturated carbocycles. The summed E-state index contributed by atoms with van der Waals surface area (Å²) in [6.45, 7) is 2.55. The summed E-state index contributed by atoms with van der Waals surface area (Å²) in [6.07, 6.45) is 7.05. The van der Waals surface area contributed by atoms with Gasteiger partial charge in [0.15, 0.2) is 5.89 Å². The van der Waals surface area contributed by atoms with Gasteiger partial charge < -0.3 is 8.98 Å². The molecule has 2 rings (SSSR count). The van der Waals surface area contributed by atoms with E-state index in [0.717, 1.165) is 12.2 Å². The Morgan fingerprint density at radius 2 is 2.50 bits per heavy atom. The molecule has 4 nitrogen and oxygen atoms in total. The smallest absolute Gasteiger partial charge is 0.191 e. The van der Waals surface area contributed by atoms with Crippen LogP contribution in [0.3, 0.4) is 0 Å². The van der Waals surface area contributed by atoms with Crippen LogP contribution in [-0.4, -0.2) is 14.5 Å². The maximum atomic E-state index is 5.07. The average molecular weight is 163 g/mol. The fourth-order valence-corrected chi connectivity index (χ4v) is 1.05. The predicted octanol–water partition coefficient (Wildman–Crippen LogP) is 1.23. The van der Waals surface area contributed by atoms with Crippen LogP contribution in [0.15, 0.2) is 29.4 Å². The Balaban J connectivity index is 2.14. The van der Waals surface area contributed by atoms with E-state index in [1.165, 1.54) is 0 Å². The van der Waals surface area contributed by atoms with Crippen molar-refractivity contribution in [2.24, 2.45) is 0 Å². The molecule has 12 heavy (non-hydrogen) atoms. The van der Waals surface area contributed by atoms with Crippen LogP contribution in [-0.2, 0) is 6.54 Å². The lowest BCUT2D eigenvalue weighted by Gasteiger charge is -1.94. The van der Waals surface area contributed by atoms with Gasteiger partial charge in [-0.25, -0.2) is 9.97 Å². The lowest BCUT2D eigenvalue weighted by atomic mass is 10.5. The maximum absolute atomic E-state index is 5.07. The molecule has 0 spiro atoms. The molecule has 0 unspecified atom stereocenters. The Bertz CT molecular complexity index is 350. The first-order chi connectivity index (χ1) is 5.84. The fraction of sp³-hybridized carbons (Fsp3) is 0.250. The van der Waals surface area contributed by atoms with Crippen molar-refractivity contribution in [2.75, 3.05) is 0 Å². The van der Waals surface area contributed by atoms with Crippen molar-refractivity contribution in [3.63, 3.8) is 0 Å². The summed E-state index contributed by atoms with van der Waals surface area (Å²) in [6, 6.07) is 0.